The van der Waals surface area contributed by atoms with Crippen LogP contribution >= 0.6 is 0 Å². The first-order chi connectivity index (χ1) is 14.8. The zero-order chi connectivity index (χ0) is 20.1. The van der Waals surface area contributed by atoms with Gasteiger partial charge in [-0.25, -0.2) is 0 Å². The number of epoxide rings is 1. The molecule has 3 heterocycles. The summed E-state index contributed by atoms with van der Waals surface area (Å²) < 4.78 is 11.9. The van der Waals surface area contributed by atoms with Gasteiger partial charge >= 0.3 is 0 Å². The molecule has 0 saturated carbocycles. The summed E-state index contributed by atoms with van der Waals surface area (Å²) in [5.74, 6) is 0.780. The molecule has 30 heavy (non-hydrogen) atoms. The van der Waals surface area contributed by atoms with Crippen molar-refractivity contribution in [2.75, 3.05) is 0 Å². The summed E-state index contributed by atoms with van der Waals surface area (Å²) in [6.07, 6.45) is 1.88. The highest BCUT2D eigenvalue weighted by atomic mass is 16.8. The van der Waals surface area contributed by atoms with Gasteiger partial charge in [-0.05, 0) is 36.3 Å². The molecular formula is C25H19N3O2. The monoisotopic (exact) mass is 393 g/mol. The molecule has 4 aromatic rings. The highest BCUT2D eigenvalue weighted by molar-refractivity contribution is 5.87. The molecule has 1 saturated heterocycles. The normalized spacial score (nSPS) is 19.2. The molecule has 1 aromatic heterocycles. The van der Waals surface area contributed by atoms with E-state index in [-0.39, 0.29) is 12.4 Å². The van der Waals surface area contributed by atoms with Crippen molar-refractivity contribution in [3.05, 3.63) is 95.7 Å². The van der Waals surface area contributed by atoms with Gasteiger partial charge in [0.1, 0.15) is 17.5 Å². The summed E-state index contributed by atoms with van der Waals surface area (Å²) in [4.78, 5) is 1.67. The van der Waals surface area contributed by atoms with Gasteiger partial charge in [0.05, 0.1) is 11.4 Å². The molecule has 146 valence electrons. The van der Waals surface area contributed by atoms with Crippen LogP contribution in [-0.4, -0.2) is 27.4 Å². The first-order valence-electron chi connectivity index (χ1n) is 9.99. The molecule has 0 spiro atoms. The number of rotatable bonds is 3. The summed E-state index contributed by atoms with van der Waals surface area (Å²) in [5.41, 5.74) is 7.00. The number of aryl methyl sites for hydroxylation is 1. The molecule has 0 bridgehead atoms. The number of nitrogens with zero attached hydrogens (tertiary/aromatic N) is 3. The minimum atomic E-state index is -0.250. The van der Waals surface area contributed by atoms with Gasteiger partial charge in [-0.15, -0.1) is 5.10 Å². The van der Waals surface area contributed by atoms with Crippen molar-refractivity contribution < 1.29 is 9.47 Å². The maximum Gasteiger partial charge on any atom is 0.231 e. The molecule has 3 aromatic carbocycles. The van der Waals surface area contributed by atoms with E-state index in [1.54, 1.807) is 4.80 Å². The lowest BCUT2D eigenvalue weighted by atomic mass is 10.00. The van der Waals surface area contributed by atoms with Crippen LogP contribution in [-0.2, 0) is 4.74 Å². The Hall–Kier alpha value is -3.70. The predicted octanol–water partition coefficient (Wildman–Crippen LogP) is 4.90. The molecule has 0 N–H and O–H groups in total. The van der Waals surface area contributed by atoms with Crippen LogP contribution in [0.5, 0.6) is 5.75 Å². The lowest BCUT2D eigenvalue weighted by molar-refractivity contribution is 0.178. The number of fused-ring (bicyclic) bond motifs is 2. The summed E-state index contributed by atoms with van der Waals surface area (Å²) in [6.45, 7) is 1.98. The van der Waals surface area contributed by atoms with Crippen molar-refractivity contribution >= 4 is 11.6 Å². The maximum absolute atomic E-state index is 6.12. The van der Waals surface area contributed by atoms with E-state index >= 15 is 0 Å². The second kappa shape index (κ2) is 6.68. The third-order valence-electron chi connectivity index (χ3n) is 5.48. The fourth-order valence-corrected chi connectivity index (χ4v) is 3.89. The Morgan fingerprint density at radius 1 is 0.833 bits per heavy atom. The van der Waals surface area contributed by atoms with Crippen molar-refractivity contribution in [3.63, 3.8) is 0 Å². The zero-order valence-corrected chi connectivity index (χ0v) is 16.4. The molecule has 2 atom stereocenters. The largest absolute Gasteiger partial charge is 0.461 e. The SMILES string of the molecule is Cc1nn(-c2ccc3c(c2)OC2OC2C(c2ccccc2)=C3)nc1-c1ccccc1. The highest BCUT2D eigenvalue weighted by Crippen LogP contribution is 2.43. The van der Waals surface area contributed by atoms with Crippen LogP contribution in [0.25, 0.3) is 28.6 Å². The maximum atomic E-state index is 6.12. The standard InChI is InChI=1S/C25H19N3O2/c1-16-23(18-10-6-3-7-11-18)27-28(26-16)20-13-12-19-14-21(17-8-4-2-5-9-17)24-25(30-24)29-22(19)15-20/h2-15,24-25H,1H3. The molecule has 0 aliphatic carbocycles. The van der Waals surface area contributed by atoms with Gasteiger partial charge in [0.2, 0.25) is 6.29 Å². The molecule has 5 heteroatoms. The average Bonchev–Trinajstić information content (AvgIpc) is 3.46. The summed E-state index contributed by atoms with van der Waals surface area (Å²) in [6, 6.07) is 26.5. The molecule has 2 aliphatic rings. The van der Waals surface area contributed by atoms with Crippen LogP contribution in [0.2, 0.25) is 0 Å². The smallest absolute Gasteiger partial charge is 0.231 e. The number of aromatic nitrogens is 3. The molecule has 2 aliphatic heterocycles. The Bertz CT molecular complexity index is 1260. The van der Waals surface area contributed by atoms with Crippen LogP contribution in [0.1, 0.15) is 16.8 Å². The Labute approximate surface area is 174 Å². The highest BCUT2D eigenvalue weighted by Gasteiger charge is 2.46. The number of hydrogen-bond acceptors (Lipinski definition) is 4. The topological polar surface area (TPSA) is 52.5 Å². The number of hydrogen-bond donors (Lipinski definition) is 0. The van der Waals surface area contributed by atoms with Gasteiger partial charge in [-0.2, -0.15) is 9.90 Å². The Kier molecular flexibility index (Phi) is 3.82. The van der Waals surface area contributed by atoms with Crippen LogP contribution in [0, 0.1) is 6.92 Å². The van der Waals surface area contributed by atoms with Crippen LogP contribution in [0.15, 0.2) is 78.9 Å². The van der Waals surface area contributed by atoms with E-state index in [4.69, 9.17) is 14.6 Å². The minimum absolute atomic E-state index is 0.0296. The molecule has 0 amide bonds. The molecule has 2 unspecified atom stereocenters. The van der Waals surface area contributed by atoms with Crippen molar-refractivity contribution in [1.82, 2.24) is 15.0 Å². The van der Waals surface area contributed by atoms with Gasteiger partial charge in [0.25, 0.3) is 0 Å². The van der Waals surface area contributed by atoms with Gasteiger partial charge in [-0.3, -0.25) is 0 Å². The predicted molar refractivity (Wildman–Crippen MR) is 115 cm³/mol. The Morgan fingerprint density at radius 2 is 1.57 bits per heavy atom. The fraction of sp³-hybridized carbons (Fsp3) is 0.120. The molecule has 5 nitrogen and oxygen atoms in total. The summed E-state index contributed by atoms with van der Waals surface area (Å²) in [5, 5.41) is 9.34. The van der Waals surface area contributed by atoms with Crippen LogP contribution < -0.4 is 4.74 Å². The molecule has 6 rings (SSSR count). The fourth-order valence-electron chi connectivity index (χ4n) is 3.89. The third-order valence-corrected chi connectivity index (χ3v) is 5.48. The van der Waals surface area contributed by atoms with Crippen molar-refractivity contribution in [3.8, 4) is 22.7 Å². The number of ether oxygens (including phenoxy) is 2. The average molecular weight is 393 g/mol. The van der Waals surface area contributed by atoms with Gasteiger partial charge in [0, 0.05) is 17.2 Å². The Balaban J connectivity index is 1.39. The van der Waals surface area contributed by atoms with E-state index in [0.717, 1.165) is 45.1 Å². The van der Waals surface area contributed by atoms with E-state index in [2.05, 4.69) is 29.4 Å². The first-order valence-corrected chi connectivity index (χ1v) is 9.99. The molecular weight excluding hydrogens is 374 g/mol. The molecule has 0 radical (unpaired) electrons. The van der Waals surface area contributed by atoms with Crippen molar-refractivity contribution in [1.29, 1.82) is 0 Å². The first kappa shape index (κ1) is 17.2. The van der Waals surface area contributed by atoms with Gasteiger partial charge < -0.3 is 9.47 Å². The second-order valence-corrected chi connectivity index (χ2v) is 7.52. The lowest BCUT2D eigenvalue weighted by Crippen LogP contribution is -2.05. The van der Waals surface area contributed by atoms with E-state index in [9.17, 15) is 0 Å². The zero-order valence-electron chi connectivity index (χ0n) is 16.4. The Morgan fingerprint density at radius 3 is 2.33 bits per heavy atom. The van der Waals surface area contributed by atoms with E-state index in [0.29, 0.717) is 0 Å². The van der Waals surface area contributed by atoms with Crippen LogP contribution in [0.3, 0.4) is 0 Å². The van der Waals surface area contributed by atoms with Gasteiger partial charge in [-0.1, -0.05) is 60.7 Å². The van der Waals surface area contributed by atoms with Gasteiger partial charge in [0.15, 0.2) is 0 Å². The summed E-state index contributed by atoms with van der Waals surface area (Å²) in [7, 11) is 0. The third kappa shape index (κ3) is 2.91. The van der Waals surface area contributed by atoms with Crippen molar-refractivity contribution in [2.45, 2.75) is 19.3 Å². The van der Waals surface area contributed by atoms with E-state index < -0.39 is 0 Å². The van der Waals surface area contributed by atoms with E-state index in [1.807, 2.05) is 67.6 Å². The van der Waals surface area contributed by atoms with Crippen molar-refractivity contribution in [2.24, 2.45) is 0 Å². The lowest BCUT2D eigenvalue weighted by Gasteiger charge is -2.08. The molecule has 1 fully saturated rings. The summed E-state index contributed by atoms with van der Waals surface area (Å²) >= 11 is 0. The second-order valence-electron chi connectivity index (χ2n) is 7.52. The minimum Gasteiger partial charge on any atom is -0.461 e. The van der Waals surface area contributed by atoms with E-state index in [1.165, 1.54) is 0 Å². The number of benzene rings is 3. The quantitative estimate of drug-likeness (QED) is 0.465. The van der Waals surface area contributed by atoms with Crippen LogP contribution in [0.4, 0.5) is 0 Å².